The van der Waals surface area contributed by atoms with Crippen LogP contribution in [0.3, 0.4) is 0 Å². The Kier molecular flexibility index (Phi) is 6.05. The second kappa shape index (κ2) is 7.09. The van der Waals surface area contributed by atoms with Gasteiger partial charge in [-0.15, -0.1) is 0 Å². The number of hydrogen-bond donors (Lipinski definition) is 0. The molecule has 88 valence electrons. The van der Waals surface area contributed by atoms with Crippen molar-refractivity contribution in [3.63, 3.8) is 0 Å². The van der Waals surface area contributed by atoms with Gasteiger partial charge in [0.25, 0.3) is 0 Å². The molecule has 0 saturated heterocycles. The quantitative estimate of drug-likeness (QED) is 0.524. The van der Waals surface area contributed by atoms with Crippen molar-refractivity contribution >= 4 is 0 Å². The van der Waals surface area contributed by atoms with E-state index in [0.717, 1.165) is 5.92 Å². The van der Waals surface area contributed by atoms with E-state index < -0.39 is 0 Å². The summed E-state index contributed by atoms with van der Waals surface area (Å²) < 4.78 is 0. The van der Waals surface area contributed by atoms with Crippen LogP contribution in [0, 0.1) is 5.92 Å². The summed E-state index contributed by atoms with van der Waals surface area (Å²) in [5.74, 6) is 0.952. The molecule has 0 N–H and O–H groups in total. The van der Waals surface area contributed by atoms with Gasteiger partial charge in [0.2, 0.25) is 0 Å². The Morgan fingerprint density at radius 1 is 0.933 bits per heavy atom. The molecule has 1 rings (SSSR count). The lowest BCUT2D eigenvalue weighted by atomic mass is 9.79. The molecule has 0 aromatic rings. The van der Waals surface area contributed by atoms with Crippen molar-refractivity contribution in [2.75, 3.05) is 0 Å². The van der Waals surface area contributed by atoms with Crippen molar-refractivity contribution in [2.45, 2.75) is 78.6 Å². The van der Waals surface area contributed by atoms with E-state index in [-0.39, 0.29) is 0 Å². The van der Waals surface area contributed by atoms with Gasteiger partial charge in [0.05, 0.1) is 0 Å². The lowest BCUT2D eigenvalue weighted by Crippen LogP contribution is -2.11. The van der Waals surface area contributed by atoms with Gasteiger partial charge in [-0.05, 0) is 38.0 Å². The Morgan fingerprint density at radius 2 is 1.53 bits per heavy atom. The van der Waals surface area contributed by atoms with Crippen LogP contribution < -0.4 is 0 Å². The summed E-state index contributed by atoms with van der Waals surface area (Å²) >= 11 is 0. The number of rotatable bonds is 5. The van der Waals surface area contributed by atoms with Gasteiger partial charge in [0, 0.05) is 0 Å². The average molecular weight is 208 g/mol. The zero-order valence-electron chi connectivity index (χ0n) is 10.9. The normalized spacial score (nSPS) is 17.8. The van der Waals surface area contributed by atoms with Gasteiger partial charge >= 0.3 is 0 Å². The molecular weight excluding hydrogens is 180 g/mol. The van der Waals surface area contributed by atoms with Gasteiger partial charge in [0.1, 0.15) is 0 Å². The highest BCUT2D eigenvalue weighted by Gasteiger charge is 2.19. The first-order valence-electron chi connectivity index (χ1n) is 7.04. The molecule has 1 aliphatic carbocycles. The molecule has 0 spiro atoms. The maximum atomic E-state index is 2.33. The van der Waals surface area contributed by atoms with E-state index in [9.17, 15) is 0 Å². The first-order chi connectivity index (χ1) is 7.33. The predicted molar refractivity (Wildman–Crippen MR) is 69.1 cm³/mol. The van der Waals surface area contributed by atoms with Crippen LogP contribution in [-0.2, 0) is 0 Å². The van der Waals surface area contributed by atoms with Gasteiger partial charge in [-0.1, -0.05) is 57.6 Å². The van der Waals surface area contributed by atoms with E-state index in [1.54, 1.807) is 5.57 Å². The van der Waals surface area contributed by atoms with Crippen molar-refractivity contribution in [3.05, 3.63) is 11.1 Å². The van der Waals surface area contributed by atoms with Crippen molar-refractivity contribution in [2.24, 2.45) is 5.92 Å². The minimum Gasteiger partial charge on any atom is -0.0713 e. The van der Waals surface area contributed by atoms with Gasteiger partial charge in [-0.2, -0.15) is 0 Å². The third-order valence-corrected chi connectivity index (χ3v) is 3.92. The molecule has 1 fully saturated rings. The van der Waals surface area contributed by atoms with Crippen molar-refractivity contribution in [1.29, 1.82) is 0 Å². The standard InChI is InChI=1S/C15H28/c1-4-10-15(13(5-2)6-3)14-11-8-7-9-12-14/h14H,4-12H2,1-3H3. The Labute approximate surface area is 96.2 Å². The Balaban J connectivity index is 2.74. The summed E-state index contributed by atoms with van der Waals surface area (Å²) in [6, 6.07) is 0. The van der Waals surface area contributed by atoms with Gasteiger partial charge < -0.3 is 0 Å². The Morgan fingerprint density at radius 3 is 2.00 bits per heavy atom. The molecule has 1 aliphatic rings. The molecule has 1 saturated carbocycles. The maximum Gasteiger partial charge on any atom is -0.0201 e. The van der Waals surface area contributed by atoms with E-state index in [2.05, 4.69) is 20.8 Å². The lowest BCUT2D eigenvalue weighted by Gasteiger charge is -2.27. The summed E-state index contributed by atoms with van der Waals surface area (Å²) in [7, 11) is 0. The zero-order chi connectivity index (χ0) is 11.1. The molecule has 0 bridgehead atoms. The fourth-order valence-corrected chi connectivity index (χ4v) is 3.09. The van der Waals surface area contributed by atoms with Crippen LogP contribution in [0.25, 0.3) is 0 Å². The van der Waals surface area contributed by atoms with Crippen molar-refractivity contribution in [3.8, 4) is 0 Å². The molecule has 0 aromatic carbocycles. The molecule has 0 aromatic heterocycles. The summed E-state index contributed by atoms with van der Waals surface area (Å²) in [5.41, 5.74) is 3.62. The van der Waals surface area contributed by atoms with E-state index in [1.165, 1.54) is 57.8 Å². The molecule has 0 heterocycles. The zero-order valence-corrected chi connectivity index (χ0v) is 10.9. The van der Waals surface area contributed by atoms with E-state index >= 15 is 0 Å². The van der Waals surface area contributed by atoms with Gasteiger partial charge in [-0.3, -0.25) is 0 Å². The molecule has 0 radical (unpaired) electrons. The summed E-state index contributed by atoms with van der Waals surface area (Å²) in [6.45, 7) is 6.99. The highest BCUT2D eigenvalue weighted by atomic mass is 14.2. The van der Waals surface area contributed by atoms with Crippen LogP contribution in [0.5, 0.6) is 0 Å². The number of hydrogen-bond acceptors (Lipinski definition) is 0. The van der Waals surface area contributed by atoms with Crippen molar-refractivity contribution in [1.82, 2.24) is 0 Å². The average Bonchev–Trinajstić information content (AvgIpc) is 2.30. The van der Waals surface area contributed by atoms with Gasteiger partial charge in [-0.25, -0.2) is 0 Å². The predicted octanol–water partition coefficient (Wildman–Crippen LogP) is 5.48. The fourth-order valence-electron chi connectivity index (χ4n) is 3.09. The van der Waals surface area contributed by atoms with Gasteiger partial charge in [0.15, 0.2) is 0 Å². The Hall–Kier alpha value is -0.260. The van der Waals surface area contributed by atoms with Crippen molar-refractivity contribution < 1.29 is 0 Å². The van der Waals surface area contributed by atoms with E-state index in [4.69, 9.17) is 0 Å². The van der Waals surface area contributed by atoms with E-state index in [0.29, 0.717) is 0 Å². The molecule has 0 atom stereocenters. The van der Waals surface area contributed by atoms with Crippen LogP contribution in [0.15, 0.2) is 11.1 Å². The van der Waals surface area contributed by atoms with Crippen LogP contribution in [0.1, 0.15) is 78.6 Å². The third kappa shape index (κ3) is 3.66. The monoisotopic (exact) mass is 208 g/mol. The maximum absolute atomic E-state index is 2.33. The molecular formula is C15H28. The topological polar surface area (TPSA) is 0 Å². The fraction of sp³-hybridized carbons (Fsp3) is 0.867. The minimum atomic E-state index is 0.952. The largest absolute Gasteiger partial charge is 0.0713 e. The SMILES string of the molecule is CCCC(=C(CC)CC)C1CCCCC1. The molecule has 0 heteroatoms. The molecule has 0 nitrogen and oxygen atoms in total. The second-order valence-corrected chi connectivity index (χ2v) is 4.92. The van der Waals surface area contributed by atoms with Crippen LogP contribution >= 0.6 is 0 Å². The molecule has 0 aliphatic heterocycles. The summed E-state index contributed by atoms with van der Waals surface area (Å²) in [5, 5.41) is 0. The van der Waals surface area contributed by atoms with Crippen LogP contribution in [-0.4, -0.2) is 0 Å². The smallest absolute Gasteiger partial charge is 0.0201 e. The molecule has 0 amide bonds. The van der Waals surface area contributed by atoms with Crippen LogP contribution in [0.2, 0.25) is 0 Å². The highest BCUT2D eigenvalue weighted by Crippen LogP contribution is 2.35. The van der Waals surface area contributed by atoms with E-state index in [1.807, 2.05) is 5.57 Å². The van der Waals surface area contributed by atoms with Crippen LogP contribution in [0.4, 0.5) is 0 Å². The lowest BCUT2D eigenvalue weighted by molar-refractivity contribution is 0.390. The first kappa shape index (κ1) is 12.8. The molecule has 0 unspecified atom stereocenters. The minimum absolute atomic E-state index is 0.952. The third-order valence-electron chi connectivity index (χ3n) is 3.92. The second-order valence-electron chi connectivity index (χ2n) is 4.92. The highest BCUT2D eigenvalue weighted by molar-refractivity contribution is 5.17. The molecule has 15 heavy (non-hydrogen) atoms. The first-order valence-corrected chi connectivity index (χ1v) is 7.04. The summed E-state index contributed by atoms with van der Waals surface area (Å²) in [4.78, 5) is 0. The Bertz CT molecular complexity index is 188. The number of allylic oxidation sites excluding steroid dienone is 2. The summed E-state index contributed by atoms with van der Waals surface area (Å²) in [6.07, 6.45) is 12.6.